The number of likely N-dealkylation sites (N-methyl/N-ethyl adjacent to an activating group) is 1. The van der Waals surface area contributed by atoms with Crippen molar-refractivity contribution >= 4 is 0 Å². The lowest BCUT2D eigenvalue weighted by atomic mass is 10.0. The van der Waals surface area contributed by atoms with Crippen LogP contribution in [0, 0.1) is 5.92 Å². The molecule has 1 aliphatic rings. The highest BCUT2D eigenvalue weighted by Gasteiger charge is 2.29. The Bertz CT molecular complexity index is 159. The average molecular weight is 184 g/mol. The Morgan fingerprint density at radius 3 is 2.31 bits per heavy atom. The maximum atomic E-state index is 3.62. The van der Waals surface area contributed by atoms with Crippen molar-refractivity contribution in [3.63, 3.8) is 0 Å². The SMILES string of the molecule is CC(NCC(C)(C)N(C)C)C1CC1. The van der Waals surface area contributed by atoms with Crippen LogP contribution < -0.4 is 5.32 Å². The maximum absolute atomic E-state index is 3.62. The molecular weight excluding hydrogens is 160 g/mol. The van der Waals surface area contributed by atoms with Gasteiger partial charge in [0.2, 0.25) is 0 Å². The highest BCUT2D eigenvalue weighted by Crippen LogP contribution is 2.32. The van der Waals surface area contributed by atoms with Crippen molar-refractivity contribution in [3.8, 4) is 0 Å². The Balaban J connectivity index is 2.23. The van der Waals surface area contributed by atoms with E-state index in [1.54, 1.807) is 0 Å². The molecule has 13 heavy (non-hydrogen) atoms. The molecule has 0 aliphatic heterocycles. The van der Waals surface area contributed by atoms with Gasteiger partial charge in [0, 0.05) is 18.1 Å². The fourth-order valence-corrected chi connectivity index (χ4v) is 1.33. The number of nitrogens with one attached hydrogen (secondary N) is 1. The summed E-state index contributed by atoms with van der Waals surface area (Å²) in [6, 6.07) is 0.708. The molecule has 1 aliphatic carbocycles. The third-order valence-electron chi connectivity index (χ3n) is 3.40. The largest absolute Gasteiger partial charge is 0.312 e. The summed E-state index contributed by atoms with van der Waals surface area (Å²) in [5, 5.41) is 3.62. The molecule has 1 N–H and O–H groups in total. The molecule has 0 aromatic carbocycles. The normalized spacial score (nSPS) is 20.8. The molecule has 0 aromatic rings. The molecule has 2 heteroatoms. The molecule has 0 heterocycles. The Labute approximate surface area is 82.7 Å². The van der Waals surface area contributed by atoms with Gasteiger partial charge in [-0.1, -0.05) is 0 Å². The summed E-state index contributed by atoms with van der Waals surface area (Å²) in [5.74, 6) is 0.956. The summed E-state index contributed by atoms with van der Waals surface area (Å²) in [6.07, 6.45) is 2.85. The van der Waals surface area contributed by atoms with Gasteiger partial charge in [0.1, 0.15) is 0 Å². The first-order valence-corrected chi connectivity index (χ1v) is 5.34. The second-order valence-electron chi connectivity index (χ2n) is 5.21. The molecule has 78 valence electrons. The van der Waals surface area contributed by atoms with Crippen LogP contribution in [0.25, 0.3) is 0 Å². The van der Waals surface area contributed by atoms with E-state index in [-0.39, 0.29) is 5.54 Å². The van der Waals surface area contributed by atoms with E-state index in [9.17, 15) is 0 Å². The van der Waals surface area contributed by atoms with Gasteiger partial charge >= 0.3 is 0 Å². The van der Waals surface area contributed by atoms with Gasteiger partial charge in [0.15, 0.2) is 0 Å². The van der Waals surface area contributed by atoms with Crippen LogP contribution in [0.4, 0.5) is 0 Å². The van der Waals surface area contributed by atoms with Gasteiger partial charge in [-0.2, -0.15) is 0 Å². The molecule has 0 saturated heterocycles. The lowest BCUT2D eigenvalue weighted by Crippen LogP contribution is -2.49. The summed E-state index contributed by atoms with van der Waals surface area (Å²) in [4.78, 5) is 2.28. The van der Waals surface area contributed by atoms with E-state index in [0.29, 0.717) is 6.04 Å². The van der Waals surface area contributed by atoms with Gasteiger partial charge in [-0.25, -0.2) is 0 Å². The summed E-state index contributed by atoms with van der Waals surface area (Å²) < 4.78 is 0. The second kappa shape index (κ2) is 3.97. The van der Waals surface area contributed by atoms with E-state index < -0.39 is 0 Å². The van der Waals surface area contributed by atoms with Gasteiger partial charge in [-0.15, -0.1) is 0 Å². The third kappa shape index (κ3) is 3.28. The smallest absolute Gasteiger partial charge is 0.0271 e. The Morgan fingerprint density at radius 2 is 1.92 bits per heavy atom. The maximum Gasteiger partial charge on any atom is 0.0271 e. The number of rotatable bonds is 5. The lowest BCUT2D eigenvalue weighted by Gasteiger charge is -2.34. The molecule has 0 aromatic heterocycles. The molecule has 0 amide bonds. The Hall–Kier alpha value is -0.0800. The number of hydrogen-bond donors (Lipinski definition) is 1. The molecule has 0 radical (unpaired) electrons. The van der Waals surface area contributed by atoms with Crippen LogP contribution in [-0.2, 0) is 0 Å². The predicted octanol–water partition coefficient (Wildman–Crippen LogP) is 1.71. The molecule has 2 nitrogen and oxygen atoms in total. The first kappa shape index (κ1) is 11.0. The first-order chi connectivity index (χ1) is 5.93. The minimum absolute atomic E-state index is 0.267. The van der Waals surface area contributed by atoms with Crippen molar-refractivity contribution in [1.82, 2.24) is 10.2 Å². The van der Waals surface area contributed by atoms with Crippen LogP contribution in [0.15, 0.2) is 0 Å². The van der Waals surface area contributed by atoms with E-state index in [1.165, 1.54) is 12.8 Å². The molecule has 1 unspecified atom stereocenters. The minimum atomic E-state index is 0.267. The van der Waals surface area contributed by atoms with Crippen LogP contribution in [0.5, 0.6) is 0 Å². The number of hydrogen-bond acceptors (Lipinski definition) is 2. The summed E-state index contributed by atoms with van der Waals surface area (Å²) in [7, 11) is 4.28. The first-order valence-electron chi connectivity index (χ1n) is 5.34. The highest BCUT2D eigenvalue weighted by molar-refractivity contribution is 4.87. The molecule has 1 atom stereocenters. The van der Waals surface area contributed by atoms with Crippen molar-refractivity contribution in [3.05, 3.63) is 0 Å². The van der Waals surface area contributed by atoms with E-state index in [1.807, 2.05) is 0 Å². The second-order valence-corrected chi connectivity index (χ2v) is 5.21. The number of nitrogens with zero attached hydrogens (tertiary/aromatic N) is 1. The van der Waals surface area contributed by atoms with E-state index in [0.717, 1.165) is 12.5 Å². The van der Waals surface area contributed by atoms with Gasteiger partial charge in [0.05, 0.1) is 0 Å². The highest BCUT2D eigenvalue weighted by atomic mass is 15.2. The quantitative estimate of drug-likeness (QED) is 0.700. The van der Waals surface area contributed by atoms with E-state index in [4.69, 9.17) is 0 Å². The average Bonchev–Trinajstić information content (AvgIpc) is 2.82. The summed E-state index contributed by atoms with van der Waals surface area (Å²) in [5.41, 5.74) is 0.267. The van der Waals surface area contributed by atoms with Gasteiger partial charge in [-0.05, 0) is 53.6 Å². The third-order valence-corrected chi connectivity index (χ3v) is 3.40. The van der Waals surface area contributed by atoms with Crippen molar-refractivity contribution in [2.45, 2.75) is 45.2 Å². The Kier molecular flexibility index (Phi) is 3.36. The molecule has 1 fully saturated rings. The topological polar surface area (TPSA) is 15.3 Å². The monoisotopic (exact) mass is 184 g/mol. The lowest BCUT2D eigenvalue weighted by molar-refractivity contribution is 0.183. The zero-order chi connectivity index (χ0) is 10.1. The zero-order valence-corrected chi connectivity index (χ0v) is 9.72. The fraction of sp³-hybridized carbons (Fsp3) is 1.00. The van der Waals surface area contributed by atoms with E-state index in [2.05, 4.69) is 45.1 Å². The van der Waals surface area contributed by atoms with Crippen molar-refractivity contribution in [1.29, 1.82) is 0 Å². The molecule has 0 bridgehead atoms. The molecule has 0 spiro atoms. The molecular formula is C11H24N2. The van der Waals surface area contributed by atoms with Gasteiger partial charge in [-0.3, -0.25) is 0 Å². The van der Waals surface area contributed by atoms with Crippen molar-refractivity contribution in [2.24, 2.45) is 5.92 Å². The van der Waals surface area contributed by atoms with Gasteiger partial charge in [0.25, 0.3) is 0 Å². The van der Waals surface area contributed by atoms with Crippen LogP contribution >= 0.6 is 0 Å². The Morgan fingerprint density at radius 1 is 1.38 bits per heavy atom. The van der Waals surface area contributed by atoms with Crippen LogP contribution in [0.3, 0.4) is 0 Å². The zero-order valence-electron chi connectivity index (χ0n) is 9.72. The fourth-order valence-electron chi connectivity index (χ4n) is 1.33. The molecule has 1 rings (SSSR count). The van der Waals surface area contributed by atoms with Crippen LogP contribution in [-0.4, -0.2) is 37.1 Å². The minimum Gasteiger partial charge on any atom is -0.312 e. The summed E-state index contributed by atoms with van der Waals surface area (Å²) in [6.45, 7) is 7.94. The van der Waals surface area contributed by atoms with E-state index >= 15 is 0 Å². The van der Waals surface area contributed by atoms with Crippen LogP contribution in [0.2, 0.25) is 0 Å². The van der Waals surface area contributed by atoms with Crippen molar-refractivity contribution in [2.75, 3.05) is 20.6 Å². The standard InChI is InChI=1S/C11H24N2/c1-9(10-6-7-10)12-8-11(2,3)13(4)5/h9-10,12H,6-8H2,1-5H3. The summed E-state index contributed by atoms with van der Waals surface area (Å²) >= 11 is 0. The van der Waals surface area contributed by atoms with Crippen molar-refractivity contribution < 1.29 is 0 Å². The van der Waals surface area contributed by atoms with Gasteiger partial charge < -0.3 is 10.2 Å². The molecule has 1 saturated carbocycles. The predicted molar refractivity (Wildman–Crippen MR) is 58.0 cm³/mol. The van der Waals surface area contributed by atoms with Crippen LogP contribution in [0.1, 0.15) is 33.6 Å².